The first kappa shape index (κ1) is 15.6. The Labute approximate surface area is 128 Å². The van der Waals surface area contributed by atoms with Crippen LogP contribution < -0.4 is 0 Å². The smallest absolute Gasteiger partial charge is 0.125 e. The largest absolute Gasteiger partial charge is 0.293 e. The molecule has 0 spiro atoms. The third-order valence-corrected chi connectivity index (χ3v) is 3.71. The van der Waals surface area contributed by atoms with Gasteiger partial charge in [0.2, 0.25) is 0 Å². The molecule has 0 aliphatic carbocycles. The van der Waals surface area contributed by atoms with Gasteiger partial charge in [0.1, 0.15) is 5.82 Å². The van der Waals surface area contributed by atoms with Crippen molar-refractivity contribution < 1.29 is 0 Å². The summed E-state index contributed by atoms with van der Waals surface area (Å²) in [5.41, 5.74) is 5.09. The van der Waals surface area contributed by atoms with Crippen molar-refractivity contribution in [2.75, 3.05) is 6.54 Å². The van der Waals surface area contributed by atoms with Crippen molar-refractivity contribution in [3.05, 3.63) is 58.7 Å². The van der Waals surface area contributed by atoms with Gasteiger partial charge in [-0.05, 0) is 31.4 Å². The maximum absolute atomic E-state index is 4.61. The summed E-state index contributed by atoms with van der Waals surface area (Å²) in [5, 5.41) is 0. The predicted molar refractivity (Wildman–Crippen MR) is 87.1 cm³/mol. The first-order chi connectivity index (χ1) is 10.2. The predicted octanol–water partition coefficient (Wildman–Crippen LogP) is 3.68. The Morgan fingerprint density at radius 3 is 2.48 bits per heavy atom. The summed E-state index contributed by atoms with van der Waals surface area (Å²) in [7, 11) is 0. The summed E-state index contributed by atoms with van der Waals surface area (Å²) >= 11 is 0. The van der Waals surface area contributed by atoms with Crippen molar-refractivity contribution in [1.82, 2.24) is 14.9 Å². The molecule has 3 rings (SSSR count). The molecule has 1 aromatic heterocycles. The van der Waals surface area contributed by atoms with Crippen molar-refractivity contribution in [2.45, 2.75) is 47.2 Å². The molecule has 2 aromatic rings. The second-order valence-corrected chi connectivity index (χ2v) is 5.23. The lowest BCUT2D eigenvalue weighted by Gasteiger charge is -2.28. The fourth-order valence-electron chi connectivity index (χ4n) is 2.80. The van der Waals surface area contributed by atoms with Crippen molar-refractivity contribution in [1.29, 1.82) is 0 Å². The first-order valence-electron chi connectivity index (χ1n) is 7.81. The van der Waals surface area contributed by atoms with Gasteiger partial charge >= 0.3 is 0 Å². The van der Waals surface area contributed by atoms with E-state index in [-0.39, 0.29) is 0 Å². The van der Waals surface area contributed by atoms with E-state index in [0.29, 0.717) is 0 Å². The SMILES string of the molecule is CC.Cc1nc(C)c2c(n1)CN(Cc1ccccc1)CC2. The van der Waals surface area contributed by atoms with Crippen LogP contribution in [0.2, 0.25) is 0 Å². The van der Waals surface area contributed by atoms with Crippen LogP contribution in [0.1, 0.15) is 42.2 Å². The molecule has 0 bridgehead atoms. The van der Waals surface area contributed by atoms with E-state index in [1.165, 1.54) is 16.8 Å². The summed E-state index contributed by atoms with van der Waals surface area (Å²) in [5.74, 6) is 0.887. The van der Waals surface area contributed by atoms with E-state index in [2.05, 4.69) is 52.1 Å². The second-order valence-electron chi connectivity index (χ2n) is 5.23. The van der Waals surface area contributed by atoms with E-state index in [4.69, 9.17) is 0 Å². The van der Waals surface area contributed by atoms with Gasteiger partial charge in [0, 0.05) is 25.3 Å². The van der Waals surface area contributed by atoms with Crippen LogP contribution in [0.3, 0.4) is 0 Å². The van der Waals surface area contributed by atoms with Gasteiger partial charge < -0.3 is 0 Å². The van der Waals surface area contributed by atoms with E-state index < -0.39 is 0 Å². The molecule has 21 heavy (non-hydrogen) atoms. The quantitative estimate of drug-likeness (QED) is 0.842. The van der Waals surface area contributed by atoms with Crippen LogP contribution in [0.25, 0.3) is 0 Å². The minimum atomic E-state index is 0.887. The molecule has 0 amide bonds. The fourth-order valence-corrected chi connectivity index (χ4v) is 2.80. The molecule has 0 radical (unpaired) electrons. The highest BCUT2D eigenvalue weighted by atomic mass is 15.1. The van der Waals surface area contributed by atoms with Crippen LogP contribution in [0.15, 0.2) is 30.3 Å². The molecule has 0 atom stereocenters. The molecule has 112 valence electrons. The van der Waals surface area contributed by atoms with Crippen LogP contribution >= 0.6 is 0 Å². The zero-order valence-electron chi connectivity index (χ0n) is 13.6. The minimum absolute atomic E-state index is 0.887. The van der Waals surface area contributed by atoms with Crippen molar-refractivity contribution in [2.24, 2.45) is 0 Å². The van der Waals surface area contributed by atoms with Gasteiger partial charge in [0.25, 0.3) is 0 Å². The van der Waals surface area contributed by atoms with E-state index in [1.807, 2.05) is 20.8 Å². The third kappa shape index (κ3) is 3.88. The summed E-state index contributed by atoms with van der Waals surface area (Å²) in [6, 6.07) is 10.6. The fraction of sp³-hybridized carbons (Fsp3) is 0.444. The van der Waals surface area contributed by atoms with Crippen LogP contribution in [0, 0.1) is 13.8 Å². The summed E-state index contributed by atoms with van der Waals surface area (Å²) in [6.07, 6.45) is 1.06. The van der Waals surface area contributed by atoms with Crippen LogP contribution in [-0.2, 0) is 19.5 Å². The van der Waals surface area contributed by atoms with Crippen LogP contribution in [-0.4, -0.2) is 21.4 Å². The van der Waals surface area contributed by atoms with Crippen LogP contribution in [0.5, 0.6) is 0 Å². The van der Waals surface area contributed by atoms with Gasteiger partial charge in [-0.15, -0.1) is 0 Å². The molecule has 3 heteroatoms. The molecular weight excluding hydrogens is 258 g/mol. The van der Waals surface area contributed by atoms with Crippen molar-refractivity contribution in [3.63, 3.8) is 0 Å². The zero-order valence-corrected chi connectivity index (χ0v) is 13.6. The summed E-state index contributed by atoms with van der Waals surface area (Å²) in [6.45, 7) is 11.1. The standard InChI is InChI=1S/C16H19N3.C2H6/c1-12-15-8-9-19(10-14-6-4-3-5-7-14)11-16(15)18-13(2)17-12;1-2/h3-7H,8-11H2,1-2H3;1-2H3. The topological polar surface area (TPSA) is 29.0 Å². The Kier molecular flexibility index (Phi) is 5.45. The highest BCUT2D eigenvalue weighted by Gasteiger charge is 2.20. The Hall–Kier alpha value is -1.74. The lowest BCUT2D eigenvalue weighted by Crippen LogP contribution is -2.31. The molecule has 0 saturated carbocycles. The monoisotopic (exact) mass is 283 g/mol. The number of fused-ring (bicyclic) bond motifs is 1. The normalized spacial score (nSPS) is 14.1. The molecule has 0 unspecified atom stereocenters. The highest BCUT2D eigenvalue weighted by Crippen LogP contribution is 2.21. The van der Waals surface area contributed by atoms with E-state index in [1.54, 1.807) is 0 Å². The maximum Gasteiger partial charge on any atom is 0.125 e. The van der Waals surface area contributed by atoms with E-state index >= 15 is 0 Å². The van der Waals surface area contributed by atoms with E-state index in [0.717, 1.165) is 37.6 Å². The number of nitrogens with zero attached hydrogens (tertiary/aromatic N) is 3. The molecule has 1 aliphatic rings. The zero-order chi connectivity index (χ0) is 15.2. The van der Waals surface area contributed by atoms with Crippen molar-refractivity contribution in [3.8, 4) is 0 Å². The number of aryl methyl sites for hydroxylation is 2. The molecule has 0 saturated heterocycles. The van der Waals surface area contributed by atoms with Gasteiger partial charge in [-0.25, -0.2) is 9.97 Å². The molecule has 1 aromatic carbocycles. The lowest BCUT2D eigenvalue weighted by atomic mass is 10.0. The Bertz CT molecular complexity index is 579. The molecule has 0 fully saturated rings. The summed E-state index contributed by atoms with van der Waals surface area (Å²) < 4.78 is 0. The first-order valence-corrected chi connectivity index (χ1v) is 7.81. The highest BCUT2D eigenvalue weighted by molar-refractivity contribution is 5.27. The molecule has 1 aliphatic heterocycles. The van der Waals surface area contributed by atoms with Gasteiger partial charge in [0.05, 0.1) is 5.69 Å². The van der Waals surface area contributed by atoms with E-state index in [9.17, 15) is 0 Å². The van der Waals surface area contributed by atoms with Gasteiger partial charge in [0.15, 0.2) is 0 Å². The second kappa shape index (κ2) is 7.32. The summed E-state index contributed by atoms with van der Waals surface area (Å²) in [4.78, 5) is 11.5. The van der Waals surface area contributed by atoms with Gasteiger partial charge in [-0.3, -0.25) is 4.90 Å². The number of hydrogen-bond acceptors (Lipinski definition) is 3. The number of aromatic nitrogens is 2. The van der Waals surface area contributed by atoms with Gasteiger partial charge in [-0.1, -0.05) is 44.2 Å². The Balaban J connectivity index is 0.000000774. The van der Waals surface area contributed by atoms with Gasteiger partial charge in [-0.2, -0.15) is 0 Å². The Morgan fingerprint density at radius 1 is 1.05 bits per heavy atom. The third-order valence-electron chi connectivity index (χ3n) is 3.71. The average Bonchev–Trinajstić information content (AvgIpc) is 2.50. The average molecular weight is 283 g/mol. The minimum Gasteiger partial charge on any atom is -0.293 e. The number of rotatable bonds is 2. The molecule has 3 nitrogen and oxygen atoms in total. The number of benzene rings is 1. The Morgan fingerprint density at radius 2 is 1.76 bits per heavy atom. The maximum atomic E-state index is 4.61. The lowest BCUT2D eigenvalue weighted by molar-refractivity contribution is 0.240. The number of hydrogen-bond donors (Lipinski definition) is 0. The van der Waals surface area contributed by atoms with Crippen molar-refractivity contribution >= 4 is 0 Å². The molecule has 0 N–H and O–H groups in total. The molecular formula is C18H25N3. The molecule has 2 heterocycles. The van der Waals surface area contributed by atoms with Crippen LogP contribution in [0.4, 0.5) is 0 Å².